The third-order valence-electron chi connectivity index (χ3n) is 4.74. The van der Waals surface area contributed by atoms with Gasteiger partial charge in [0, 0.05) is 24.3 Å². The van der Waals surface area contributed by atoms with E-state index in [1.54, 1.807) is 18.2 Å². The van der Waals surface area contributed by atoms with Gasteiger partial charge in [-0.3, -0.25) is 4.68 Å². The number of hydrogen-bond acceptors (Lipinski definition) is 7. The van der Waals surface area contributed by atoms with Crippen molar-refractivity contribution in [3.63, 3.8) is 0 Å². The fourth-order valence-corrected chi connectivity index (χ4v) is 3.52. The molecule has 13 heteroatoms. The molecule has 2 aromatic heterocycles. The number of sulfone groups is 1. The standard InChI is InChI=1S/C18H18F4N6O2S/c1-31(29,30)6-5-28-15-4-2-3-13(10(15)8-24-28)26-17-23-9-11(18(20,21)22)16(27-17)25-14-7-12(14)19/h2-4,8-9,12,14H,5-7H2,1H3,(H2,23,25,26,27)/t12-,14?/m1/s1. The van der Waals surface area contributed by atoms with Gasteiger partial charge in [-0.1, -0.05) is 6.07 Å². The first kappa shape index (κ1) is 21.3. The van der Waals surface area contributed by atoms with Gasteiger partial charge in [0.05, 0.1) is 35.7 Å². The van der Waals surface area contributed by atoms with Crippen LogP contribution in [0, 0.1) is 0 Å². The Balaban J connectivity index is 1.63. The topological polar surface area (TPSA) is 102 Å². The second-order valence-corrected chi connectivity index (χ2v) is 9.58. The molecule has 1 unspecified atom stereocenters. The van der Waals surface area contributed by atoms with Crippen LogP contribution in [0.4, 0.5) is 35.0 Å². The summed E-state index contributed by atoms with van der Waals surface area (Å²) in [6, 6.07) is 4.38. The highest BCUT2D eigenvalue weighted by atomic mass is 32.2. The Hall–Kier alpha value is -2.96. The van der Waals surface area contributed by atoms with Crippen LogP contribution in [-0.4, -0.2) is 52.4 Å². The zero-order valence-corrected chi connectivity index (χ0v) is 17.0. The van der Waals surface area contributed by atoms with E-state index in [0.717, 1.165) is 6.26 Å². The zero-order valence-electron chi connectivity index (χ0n) is 16.2. The minimum absolute atomic E-state index is 0.0881. The highest BCUT2D eigenvalue weighted by Crippen LogP contribution is 2.37. The van der Waals surface area contributed by atoms with E-state index in [1.807, 2.05) is 0 Å². The monoisotopic (exact) mass is 458 g/mol. The number of anilines is 3. The van der Waals surface area contributed by atoms with Crippen LogP contribution >= 0.6 is 0 Å². The molecule has 1 aliphatic carbocycles. The molecule has 1 fully saturated rings. The Bertz CT molecular complexity index is 1230. The minimum Gasteiger partial charge on any atom is -0.364 e. The van der Waals surface area contributed by atoms with Gasteiger partial charge in [0.1, 0.15) is 27.4 Å². The number of fused-ring (bicyclic) bond motifs is 1. The van der Waals surface area contributed by atoms with Crippen molar-refractivity contribution in [1.82, 2.24) is 19.7 Å². The van der Waals surface area contributed by atoms with E-state index < -0.39 is 39.6 Å². The maximum Gasteiger partial charge on any atom is 0.421 e. The van der Waals surface area contributed by atoms with E-state index in [0.29, 0.717) is 22.8 Å². The van der Waals surface area contributed by atoms with Crippen molar-refractivity contribution < 1.29 is 26.0 Å². The van der Waals surface area contributed by atoms with Gasteiger partial charge in [-0.25, -0.2) is 17.8 Å². The summed E-state index contributed by atoms with van der Waals surface area (Å²) in [7, 11) is -3.18. The SMILES string of the molecule is CS(=O)(=O)CCn1ncc2c(Nc3ncc(C(F)(F)F)c(NC4C[C@H]4F)n3)cccc21. The first-order valence-corrected chi connectivity index (χ1v) is 11.3. The van der Waals surface area contributed by atoms with E-state index >= 15 is 0 Å². The molecule has 2 N–H and O–H groups in total. The van der Waals surface area contributed by atoms with Crippen LogP contribution in [0.15, 0.2) is 30.6 Å². The predicted octanol–water partition coefficient (Wildman–Crippen LogP) is 3.16. The largest absolute Gasteiger partial charge is 0.421 e. The van der Waals surface area contributed by atoms with Crippen molar-refractivity contribution in [1.29, 1.82) is 0 Å². The number of nitrogens with one attached hydrogen (secondary N) is 2. The highest BCUT2D eigenvalue weighted by molar-refractivity contribution is 7.90. The first-order valence-electron chi connectivity index (χ1n) is 9.25. The second kappa shape index (κ2) is 7.62. The summed E-state index contributed by atoms with van der Waals surface area (Å²) in [6.07, 6.45) is -2.49. The summed E-state index contributed by atoms with van der Waals surface area (Å²) >= 11 is 0. The predicted molar refractivity (Wildman–Crippen MR) is 107 cm³/mol. The third kappa shape index (κ3) is 4.86. The van der Waals surface area contributed by atoms with E-state index in [4.69, 9.17) is 0 Å². The van der Waals surface area contributed by atoms with Crippen LogP contribution in [0.5, 0.6) is 0 Å². The smallest absolute Gasteiger partial charge is 0.364 e. The molecule has 0 spiro atoms. The minimum atomic E-state index is -4.69. The molecule has 1 aromatic carbocycles. The quantitative estimate of drug-likeness (QED) is 0.525. The molecule has 1 aliphatic rings. The number of aromatic nitrogens is 4. The lowest BCUT2D eigenvalue weighted by atomic mass is 10.2. The molecule has 0 radical (unpaired) electrons. The fourth-order valence-electron chi connectivity index (χ4n) is 3.01. The van der Waals surface area contributed by atoms with Crippen molar-refractivity contribution in [3.8, 4) is 0 Å². The molecule has 1 saturated carbocycles. The molecule has 8 nitrogen and oxygen atoms in total. The summed E-state index contributed by atoms with van der Waals surface area (Å²) in [4.78, 5) is 7.65. The van der Waals surface area contributed by atoms with Gasteiger partial charge in [-0.2, -0.15) is 23.3 Å². The Morgan fingerprint density at radius 3 is 2.65 bits per heavy atom. The lowest BCUT2D eigenvalue weighted by molar-refractivity contribution is -0.137. The van der Waals surface area contributed by atoms with Crippen LogP contribution in [0.25, 0.3) is 10.9 Å². The van der Waals surface area contributed by atoms with Gasteiger partial charge in [0.15, 0.2) is 0 Å². The molecule has 0 amide bonds. The first-order chi connectivity index (χ1) is 14.5. The number of nitrogens with zero attached hydrogens (tertiary/aromatic N) is 4. The summed E-state index contributed by atoms with van der Waals surface area (Å²) in [5, 5.41) is 10.1. The third-order valence-corrected chi connectivity index (χ3v) is 5.66. The van der Waals surface area contributed by atoms with Gasteiger partial charge in [0.25, 0.3) is 0 Å². The van der Waals surface area contributed by atoms with Gasteiger partial charge in [0.2, 0.25) is 5.95 Å². The van der Waals surface area contributed by atoms with Crippen molar-refractivity contribution in [3.05, 3.63) is 36.2 Å². The fraction of sp³-hybridized carbons (Fsp3) is 0.389. The summed E-state index contributed by atoms with van der Waals surface area (Å²) in [5.41, 5.74) is 0.0321. The number of benzene rings is 1. The Labute approximate surface area is 174 Å². The lowest BCUT2D eigenvalue weighted by Crippen LogP contribution is -2.16. The number of hydrogen-bond donors (Lipinski definition) is 2. The molecule has 4 rings (SSSR count). The summed E-state index contributed by atoms with van der Waals surface area (Å²) in [6.45, 7) is 0.155. The maximum atomic E-state index is 13.3. The molecular formula is C18H18F4N6O2S. The maximum absolute atomic E-state index is 13.3. The molecule has 2 heterocycles. The van der Waals surface area contributed by atoms with Crippen molar-refractivity contribution >= 4 is 38.2 Å². The molecular weight excluding hydrogens is 440 g/mol. The molecule has 166 valence electrons. The van der Waals surface area contributed by atoms with E-state index in [9.17, 15) is 26.0 Å². The normalized spacial score (nSPS) is 18.9. The van der Waals surface area contributed by atoms with Crippen LogP contribution in [-0.2, 0) is 22.6 Å². The average molecular weight is 458 g/mol. The van der Waals surface area contributed by atoms with Crippen molar-refractivity contribution in [2.45, 2.75) is 31.4 Å². The van der Waals surface area contributed by atoms with Gasteiger partial charge in [-0.05, 0) is 12.1 Å². The average Bonchev–Trinajstić information content (AvgIpc) is 3.19. The van der Waals surface area contributed by atoms with Gasteiger partial charge < -0.3 is 10.6 Å². The zero-order chi connectivity index (χ0) is 22.4. The Morgan fingerprint density at radius 2 is 2.00 bits per heavy atom. The molecule has 2 atom stereocenters. The van der Waals surface area contributed by atoms with Crippen molar-refractivity contribution in [2.24, 2.45) is 0 Å². The second-order valence-electron chi connectivity index (χ2n) is 7.32. The summed E-state index contributed by atoms with van der Waals surface area (Å²) < 4.78 is 77.3. The number of alkyl halides is 4. The summed E-state index contributed by atoms with van der Waals surface area (Å²) in [5.74, 6) is -0.691. The molecule has 0 aliphatic heterocycles. The van der Waals surface area contributed by atoms with E-state index in [2.05, 4.69) is 25.7 Å². The molecule has 0 saturated heterocycles. The van der Waals surface area contributed by atoms with E-state index in [1.165, 1.54) is 10.9 Å². The van der Waals surface area contributed by atoms with Crippen LogP contribution in [0.3, 0.4) is 0 Å². The Kier molecular flexibility index (Phi) is 5.23. The lowest BCUT2D eigenvalue weighted by Gasteiger charge is -2.14. The number of halogens is 4. The van der Waals surface area contributed by atoms with Gasteiger partial charge >= 0.3 is 6.18 Å². The van der Waals surface area contributed by atoms with Crippen LogP contribution < -0.4 is 10.6 Å². The van der Waals surface area contributed by atoms with Crippen LogP contribution in [0.1, 0.15) is 12.0 Å². The molecule has 31 heavy (non-hydrogen) atoms. The van der Waals surface area contributed by atoms with E-state index in [-0.39, 0.29) is 24.7 Å². The number of aryl methyl sites for hydroxylation is 1. The number of rotatable bonds is 7. The highest BCUT2D eigenvalue weighted by Gasteiger charge is 2.41. The van der Waals surface area contributed by atoms with Crippen LogP contribution in [0.2, 0.25) is 0 Å². The Morgan fingerprint density at radius 1 is 1.26 bits per heavy atom. The molecule has 0 bridgehead atoms. The van der Waals surface area contributed by atoms with Crippen molar-refractivity contribution in [2.75, 3.05) is 22.6 Å². The molecule has 3 aromatic rings. The van der Waals surface area contributed by atoms with Gasteiger partial charge in [-0.15, -0.1) is 0 Å².